The number of carbonyl (C=O) groups excluding carboxylic acids is 1. The van der Waals surface area contributed by atoms with Crippen LogP contribution in [0.2, 0.25) is 0 Å². The molecule has 1 saturated heterocycles. The summed E-state index contributed by atoms with van der Waals surface area (Å²) < 4.78 is 0. The van der Waals surface area contributed by atoms with Crippen molar-refractivity contribution in [3.63, 3.8) is 0 Å². The van der Waals surface area contributed by atoms with Crippen LogP contribution in [0.25, 0.3) is 0 Å². The van der Waals surface area contributed by atoms with Crippen LogP contribution in [0.1, 0.15) is 18.4 Å². The number of carbonyl (C=O) groups is 2. The Morgan fingerprint density at radius 3 is 2.42 bits per heavy atom. The van der Waals surface area contributed by atoms with E-state index in [9.17, 15) is 9.59 Å². The topological polar surface area (TPSA) is 69.6 Å². The zero-order valence-corrected chi connectivity index (χ0v) is 10.7. The molecule has 0 bridgehead atoms. The average molecular weight is 262 g/mol. The monoisotopic (exact) mass is 262 g/mol. The van der Waals surface area contributed by atoms with E-state index in [0.717, 1.165) is 5.56 Å². The first kappa shape index (κ1) is 13.4. The standard InChI is InChI=1S/C14H18N2O3/c17-13(10-11-4-2-1-3-5-11)15-12-6-8-16(9-7-12)14(18)19/h1-5,12H,6-10H2,(H,15,17)(H,18,19). The molecule has 2 N–H and O–H groups in total. The summed E-state index contributed by atoms with van der Waals surface area (Å²) in [5, 5.41) is 11.8. The molecule has 1 heterocycles. The molecule has 2 rings (SSSR count). The molecule has 2 amide bonds. The smallest absolute Gasteiger partial charge is 0.407 e. The first-order chi connectivity index (χ1) is 9.15. The lowest BCUT2D eigenvalue weighted by atomic mass is 10.0. The Morgan fingerprint density at radius 2 is 1.84 bits per heavy atom. The van der Waals surface area contributed by atoms with Gasteiger partial charge in [0.1, 0.15) is 0 Å². The summed E-state index contributed by atoms with van der Waals surface area (Å²) >= 11 is 0. The van der Waals surface area contributed by atoms with E-state index in [1.165, 1.54) is 4.90 Å². The third-order valence-electron chi connectivity index (χ3n) is 3.34. The molecule has 0 aliphatic carbocycles. The van der Waals surface area contributed by atoms with Gasteiger partial charge in [-0.15, -0.1) is 0 Å². The Hall–Kier alpha value is -2.04. The van der Waals surface area contributed by atoms with Gasteiger partial charge >= 0.3 is 6.09 Å². The second-order valence-corrected chi connectivity index (χ2v) is 4.77. The van der Waals surface area contributed by atoms with Gasteiger partial charge in [-0.1, -0.05) is 30.3 Å². The second-order valence-electron chi connectivity index (χ2n) is 4.77. The molecule has 0 atom stereocenters. The highest BCUT2D eigenvalue weighted by Crippen LogP contribution is 2.10. The molecule has 102 valence electrons. The highest BCUT2D eigenvalue weighted by Gasteiger charge is 2.23. The van der Waals surface area contributed by atoms with Crippen LogP contribution in [0.4, 0.5) is 4.79 Å². The number of piperidine rings is 1. The molecule has 5 nitrogen and oxygen atoms in total. The van der Waals surface area contributed by atoms with E-state index in [1.54, 1.807) is 0 Å². The van der Waals surface area contributed by atoms with Crippen molar-refractivity contribution in [2.45, 2.75) is 25.3 Å². The van der Waals surface area contributed by atoms with Crippen molar-refractivity contribution in [3.05, 3.63) is 35.9 Å². The first-order valence-electron chi connectivity index (χ1n) is 6.46. The number of benzene rings is 1. The maximum atomic E-state index is 11.9. The zero-order valence-electron chi connectivity index (χ0n) is 10.7. The van der Waals surface area contributed by atoms with Crippen LogP contribution in [0.5, 0.6) is 0 Å². The van der Waals surface area contributed by atoms with E-state index >= 15 is 0 Å². The molecule has 1 fully saturated rings. The highest BCUT2D eigenvalue weighted by atomic mass is 16.4. The number of nitrogens with one attached hydrogen (secondary N) is 1. The van der Waals surface area contributed by atoms with E-state index in [4.69, 9.17) is 5.11 Å². The summed E-state index contributed by atoms with van der Waals surface area (Å²) in [5.74, 6) is -0.0000231. The third kappa shape index (κ3) is 3.98. The molecule has 0 unspecified atom stereocenters. The van der Waals surface area contributed by atoms with Gasteiger partial charge in [0.15, 0.2) is 0 Å². The zero-order chi connectivity index (χ0) is 13.7. The van der Waals surface area contributed by atoms with E-state index in [0.29, 0.717) is 32.4 Å². The third-order valence-corrected chi connectivity index (χ3v) is 3.34. The molecule has 1 aromatic carbocycles. The van der Waals surface area contributed by atoms with Gasteiger partial charge in [0.05, 0.1) is 6.42 Å². The van der Waals surface area contributed by atoms with Gasteiger partial charge < -0.3 is 15.3 Å². The Balaban J connectivity index is 1.76. The molecule has 1 aliphatic heterocycles. The fraction of sp³-hybridized carbons (Fsp3) is 0.429. The highest BCUT2D eigenvalue weighted by molar-refractivity contribution is 5.78. The molecule has 1 aliphatic rings. The van der Waals surface area contributed by atoms with Crippen LogP contribution in [-0.2, 0) is 11.2 Å². The molecule has 0 radical (unpaired) electrons. The van der Waals surface area contributed by atoms with Gasteiger partial charge in [0.2, 0.25) is 5.91 Å². The van der Waals surface area contributed by atoms with Crippen LogP contribution in [0.3, 0.4) is 0 Å². The summed E-state index contributed by atoms with van der Waals surface area (Å²) in [6.45, 7) is 0.983. The summed E-state index contributed by atoms with van der Waals surface area (Å²) in [6.07, 6.45) is 0.869. The van der Waals surface area contributed by atoms with Crippen LogP contribution in [0, 0.1) is 0 Å². The van der Waals surface area contributed by atoms with Gasteiger partial charge in [-0.3, -0.25) is 4.79 Å². The van der Waals surface area contributed by atoms with Crippen molar-refractivity contribution in [3.8, 4) is 0 Å². The van der Waals surface area contributed by atoms with Gasteiger partial charge in [0, 0.05) is 19.1 Å². The Bertz CT molecular complexity index is 439. The summed E-state index contributed by atoms with van der Waals surface area (Å²) in [4.78, 5) is 24.0. The fourth-order valence-electron chi connectivity index (χ4n) is 2.28. The van der Waals surface area contributed by atoms with Gasteiger partial charge in [-0.05, 0) is 18.4 Å². The second kappa shape index (κ2) is 6.22. The molecule has 5 heteroatoms. The minimum atomic E-state index is -0.880. The minimum Gasteiger partial charge on any atom is -0.465 e. The summed E-state index contributed by atoms with van der Waals surface area (Å²) in [7, 11) is 0. The van der Waals surface area contributed by atoms with Crippen molar-refractivity contribution < 1.29 is 14.7 Å². The predicted octanol–water partition coefficient (Wildman–Crippen LogP) is 1.49. The van der Waals surface area contributed by atoms with Crippen molar-refractivity contribution in [2.75, 3.05) is 13.1 Å². The van der Waals surface area contributed by atoms with Crippen LogP contribution in [-0.4, -0.2) is 41.1 Å². The van der Waals surface area contributed by atoms with Gasteiger partial charge in [-0.25, -0.2) is 4.79 Å². The molecule has 19 heavy (non-hydrogen) atoms. The van der Waals surface area contributed by atoms with Gasteiger partial charge in [0.25, 0.3) is 0 Å². The maximum Gasteiger partial charge on any atom is 0.407 e. The molecule has 0 aromatic heterocycles. The number of likely N-dealkylation sites (tertiary alicyclic amines) is 1. The lowest BCUT2D eigenvalue weighted by Crippen LogP contribution is -2.46. The van der Waals surface area contributed by atoms with Crippen LogP contribution < -0.4 is 5.32 Å². The summed E-state index contributed by atoms with van der Waals surface area (Å²) in [5.41, 5.74) is 0.989. The van der Waals surface area contributed by atoms with E-state index < -0.39 is 6.09 Å². The number of hydrogen-bond acceptors (Lipinski definition) is 2. The largest absolute Gasteiger partial charge is 0.465 e. The Labute approximate surface area is 112 Å². The predicted molar refractivity (Wildman–Crippen MR) is 70.9 cm³/mol. The van der Waals surface area contributed by atoms with Crippen molar-refractivity contribution in [1.82, 2.24) is 10.2 Å². The quantitative estimate of drug-likeness (QED) is 0.867. The van der Waals surface area contributed by atoms with Crippen molar-refractivity contribution in [1.29, 1.82) is 0 Å². The van der Waals surface area contributed by atoms with Crippen molar-refractivity contribution in [2.24, 2.45) is 0 Å². The Kier molecular flexibility index (Phi) is 4.39. The van der Waals surface area contributed by atoms with E-state index in [2.05, 4.69) is 5.32 Å². The van der Waals surface area contributed by atoms with E-state index in [-0.39, 0.29) is 11.9 Å². The summed E-state index contributed by atoms with van der Waals surface area (Å²) in [6, 6.07) is 9.68. The first-order valence-corrected chi connectivity index (χ1v) is 6.46. The SMILES string of the molecule is O=C(Cc1ccccc1)NC1CCN(C(=O)O)CC1. The average Bonchev–Trinajstić information content (AvgIpc) is 2.40. The maximum absolute atomic E-state index is 11.9. The number of amides is 2. The normalized spacial score (nSPS) is 16.1. The lowest BCUT2D eigenvalue weighted by molar-refractivity contribution is -0.121. The van der Waals surface area contributed by atoms with Crippen LogP contribution in [0.15, 0.2) is 30.3 Å². The number of carboxylic acid groups (broad SMARTS) is 1. The minimum absolute atomic E-state index is 0.0000231. The molecule has 1 aromatic rings. The van der Waals surface area contributed by atoms with E-state index in [1.807, 2.05) is 30.3 Å². The molecular formula is C14H18N2O3. The van der Waals surface area contributed by atoms with Crippen LogP contribution >= 0.6 is 0 Å². The van der Waals surface area contributed by atoms with Crippen molar-refractivity contribution >= 4 is 12.0 Å². The lowest BCUT2D eigenvalue weighted by Gasteiger charge is -2.30. The Morgan fingerprint density at radius 1 is 1.21 bits per heavy atom. The fourth-order valence-corrected chi connectivity index (χ4v) is 2.28. The number of rotatable bonds is 3. The number of nitrogens with zero attached hydrogens (tertiary/aromatic N) is 1. The van der Waals surface area contributed by atoms with Gasteiger partial charge in [-0.2, -0.15) is 0 Å². The number of hydrogen-bond donors (Lipinski definition) is 2. The molecular weight excluding hydrogens is 244 g/mol. The molecule has 0 spiro atoms. The molecule has 0 saturated carbocycles.